The average molecular weight is 279 g/mol. The molecule has 0 rings (SSSR count). The molecule has 6 heteroatoms. The molecule has 0 aromatic carbocycles. The van der Waals surface area contributed by atoms with Crippen LogP contribution in [0.5, 0.6) is 0 Å². The standard InChI is InChI=1S/C9H15BrN2O3/c1-9(2,3)15-8(14)4-6(11)12-7(13)5-10/h4H,5,11H2,1-3H3,(H,12,13)/b6-4-. The van der Waals surface area contributed by atoms with Gasteiger partial charge in [0.05, 0.1) is 11.4 Å². The Labute approximate surface area is 97.2 Å². The van der Waals surface area contributed by atoms with Gasteiger partial charge in [0.15, 0.2) is 0 Å². The van der Waals surface area contributed by atoms with E-state index < -0.39 is 11.6 Å². The van der Waals surface area contributed by atoms with Crippen LogP contribution in [-0.2, 0) is 14.3 Å². The van der Waals surface area contributed by atoms with Crippen molar-refractivity contribution < 1.29 is 14.3 Å². The topological polar surface area (TPSA) is 81.4 Å². The highest BCUT2D eigenvalue weighted by molar-refractivity contribution is 9.09. The second kappa shape index (κ2) is 5.75. The summed E-state index contributed by atoms with van der Waals surface area (Å²) in [5.74, 6) is -0.948. The number of esters is 1. The zero-order valence-electron chi connectivity index (χ0n) is 8.96. The molecule has 0 radical (unpaired) electrons. The smallest absolute Gasteiger partial charge is 0.334 e. The highest BCUT2D eigenvalue weighted by atomic mass is 79.9. The molecular formula is C9H15BrN2O3. The van der Waals surface area contributed by atoms with Crippen molar-refractivity contribution in [1.82, 2.24) is 5.32 Å². The zero-order valence-corrected chi connectivity index (χ0v) is 10.6. The molecule has 0 heterocycles. The molecule has 1 amide bonds. The fourth-order valence-corrected chi connectivity index (χ4v) is 0.829. The van der Waals surface area contributed by atoms with E-state index in [1.807, 2.05) is 0 Å². The number of halogens is 1. The lowest BCUT2D eigenvalue weighted by Crippen LogP contribution is -2.30. The van der Waals surface area contributed by atoms with Crippen LogP contribution < -0.4 is 11.1 Å². The average Bonchev–Trinajstić information content (AvgIpc) is 1.99. The van der Waals surface area contributed by atoms with E-state index in [0.717, 1.165) is 6.08 Å². The third kappa shape index (κ3) is 7.99. The van der Waals surface area contributed by atoms with E-state index in [1.54, 1.807) is 20.8 Å². The number of hydrogen-bond donors (Lipinski definition) is 2. The van der Waals surface area contributed by atoms with Gasteiger partial charge in [0.2, 0.25) is 5.91 Å². The number of rotatable bonds is 3. The second-order valence-corrected chi connectivity index (χ2v) is 4.38. The fourth-order valence-electron chi connectivity index (χ4n) is 0.689. The van der Waals surface area contributed by atoms with Gasteiger partial charge in [0.1, 0.15) is 11.4 Å². The van der Waals surface area contributed by atoms with Crippen molar-refractivity contribution >= 4 is 27.8 Å². The number of carbonyl (C=O) groups excluding carboxylic acids is 2. The normalized spacial score (nSPS) is 12.1. The minimum absolute atomic E-state index is 0.0336. The molecule has 0 aliphatic heterocycles. The molecule has 0 aromatic rings. The number of nitrogens with two attached hydrogens (primary N) is 1. The highest BCUT2D eigenvalue weighted by Gasteiger charge is 2.14. The summed E-state index contributed by atoms with van der Waals surface area (Å²) >= 11 is 2.95. The van der Waals surface area contributed by atoms with Crippen LogP contribution in [0.3, 0.4) is 0 Å². The summed E-state index contributed by atoms with van der Waals surface area (Å²) in [5, 5.41) is 2.42. The first kappa shape index (κ1) is 14.0. The molecule has 5 nitrogen and oxygen atoms in total. The van der Waals surface area contributed by atoms with Crippen LogP contribution >= 0.6 is 15.9 Å². The van der Waals surface area contributed by atoms with Gasteiger partial charge in [-0.05, 0) is 20.8 Å². The minimum atomic E-state index is -0.588. The number of alkyl halides is 1. The molecular weight excluding hydrogens is 264 g/mol. The lowest BCUT2D eigenvalue weighted by atomic mass is 10.2. The van der Waals surface area contributed by atoms with Crippen molar-refractivity contribution in [1.29, 1.82) is 0 Å². The molecule has 0 bridgehead atoms. The number of ether oxygens (including phenoxy) is 1. The quantitative estimate of drug-likeness (QED) is 0.451. The monoisotopic (exact) mass is 278 g/mol. The Morgan fingerprint density at radius 1 is 1.47 bits per heavy atom. The molecule has 0 saturated heterocycles. The number of nitrogens with one attached hydrogen (secondary N) is 1. The van der Waals surface area contributed by atoms with Crippen molar-refractivity contribution in [2.75, 3.05) is 5.33 Å². The predicted octanol–water partition coefficient (Wildman–Crippen LogP) is 0.639. The molecule has 15 heavy (non-hydrogen) atoms. The first-order valence-electron chi connectivity index (χ1n) is 4.30. The third-order valence-electron chi connectivity index (χ3n) is 1.09. The van der Waals surface area contributed by atoms with Crippen LogP contribution in [0.25, 0.3) is 0 Å². The van der Waals surface area contributed by atoms with Crippen LogP contribution in [0.2, 0.25) is 0 Å². The van der Waals surface area contributed by atoms with Crippen LogP contribution in [0.15, 0.2) is 11.9 Å². The minimum Gasteiger partial charge on any atom is -0.457 e. The molecule has 3 N–H and O–H groups in total. The van der Waals surface area contributed by atoms with E-state index in [0.29, 0.717) is 0 Å². The van der Waals surface area contributed by atoms with E-state index in [4.69, 9.17) is 10.5 Å². The van der Waals surface area contributed by atoms with E-state index in [-0.39, 0.29) is 17.1 Å². The van der Waals surface area contributed by atoms with Crippen LogP contribution in [-0.4, -0.2) is 22.8 Å². The molecule has 0 spiro atoms. The van der Waals surface area contributed by atoms with Crippen molar-refractivity contribution in [2.45, 2.75) is 26.4 Å². The highest BCUT2D eigenvalue weighted by Crippen LogP contribution is 2.07. The molecule has 0 saturated carbocycles. The summed E-state index contributed by atoms with van der Waals surface area (Å²) in [5.41, 5.74) is 4.80. The van der Waals surface area contributed by atoms with Crippen molar-refractivity contribution in [3.63, 3.8) is 0 Å². The Morgan fingerprint density at radius 3 is 2.40 bits per heavy atom. The molecule has 86 valence electrons. The maximum atomic E-state index is 11.2. The van der Waals surface area contributed by atoms with Gasteiger partial charge in [0.25, 0.3) is 0 Å². The summed E-state index contributed by atoms with van der Waals surface area (Å²) in [4.78, 5) is 22.1. The summed E-state index contributed by atoms with van der Waals surface area (Å²) in [7, 11) is 0. The summed E-state index contributed by atoms with van der Waals surface area (Å²) < 4.78 is 4.97. The van der Waals surface area contributed by atoms with Gasteiger partial charge in [-0.1, -0.05) is 15.9 Å². The largest absolute Gasteiger partial charge is 0.457 e. The zero-order chi connectivity index (χ0) is 12.1. The first-order chi connectivity index (χ1) is 6.74. The van der Waals surface area contributed by atoms with Crippen LogP contribution in [0, 0.1) is 0 Å². The lowest BCUT2D eigenvalue weighted by molar-refractivity contribution is -0.148. The van der Waals surface area contributed by atoms with Gasteiger partial charge >= 0.3 is 5.97 Å². The Kier molecular flexibility index (Phi) is 5.35. The second-order valence-electron chi connectivity index (χ2n) is 3.81. The van der Waals surface area contributed by atoms with Crippen molar-refractivity contribution in [2.24, 2.45) is 5.73 Å². The molecule has 0 atom stereocenters. The third-order valence-corrected chi connectivity index (χ3v) is 1.59. The van der Waals surface area contributed by atoms with Crippen molar-refractivity contribution in [3.05, 3.63) is 11.9 Å². The van der Waals surface area contributed by atoms with E-state index in [1.165, 1.54) is 0 Å². The SMILES string of the molecule is CC(C)(C)OC(=O)/C=C(/N)NC(=O)CBr. The Balaban J connectivity index is 4.24. The summed E-state index contributed by atoms with van der Waals surface area (Å²) in [6.07, 6.45) is 1.03. The van der Waals surface area contributed by atoms with Gasteiger partial charge in [-0.15, -0.1) is 0 Å². The number of carbonyl (C=O) groups is 2. The Morgan fingerprint density at radius 2 is 2.00 bits per heavy atom. The maximum absolute atomic E-state index is 11.2. The van der Waals surface area contributed by atoms with Gasteiger partial charge in [-0.3, -0.25) is 4.79 Å². The predicted molar refractivity (Wildman–Crippen MR) is 60.1 cm³/mol. The molecule has 0 fully saturated rings. The Bertz CT molecular complexity index is 282. The van der Waals surface area contributed by atoms with E-state index in [2.05, 4.69) is 21.2 Å². The summed E-state index contributed by atoms with van der Waals surface area (Å²) in [6.45, 7) is 5.23. The summed E-state index contributed by atoms with van der Waals surface area (Å²) in [6, 6.07) is 0. The molecule has 0 aliphatic rings. The van der Waals surface area contributed by atoms with E-state index in [9.17, 15) is 9.59 Å². The van der Waals surface area contributed by atoms with Crippen LogP contribution in [0.4, 0.5) is 0 Å². The number of amides is 1. The first-order valence-corrected chi connectivity index (χ1v) is 5.42. The fraction of sp³-hybridized carbons (Fsp3) is 0.556. The lowest BCUT2D eigenvalue weighted by Gasteiger charge is -2.18. The molecule has 0 aliphatic carbocycles. The molecule has 0 unspecified atom stereocenters. The maximum Gasteiger partial charge on any atom is 0.334 e. The number of hydrogen-bond acceptors (Lipinski definition) is 4. The van der Waals surface area contributed by atoms with Crippen molar-refractivity contribution in [3.8, 4) is 0 Å². The Hall–Kier alpha value is -1.04. The van der Waals surface area contributed by atoms with Gasteiger partial charge in [-0.2, -0.15) is 0 Å². The van der Waals surface area contributed by atoms with Crippen LogP contribution in [0.1, 0.15) is 20.8 Å². The van der Waals surface area contributed by atoms with Gasteiger partial charge in [-0.25, -0.2) is 4.79 Å². The molecule has 0 aromatic heterocycles. The van der Waals surface area contributed by atoms with Gasteiger partial charge < -0.3 is 15.8 Å². The van der Waals surface area contributed by atoms with E-state index >= 15 is 0 Å². The van der Waals surface area contributed by atoms with Gasteiger partial charge in [0, 0.05) is 0 Å².